The van der Waals surface area contributed by atoms with Gasteiger partial charge in [0.2, 0.25) is 0 Å². The zero-order chi connectivity index (χ0) is 12.1. The van der Waals surface area contributed by atoms with Gasteiger partial charge in [0.15, 0.2) is 0 Å². The van der Waals surface area contributed by atoms with E-state index < -0.39 is 5.97 Å². The molecule has 0 aromatic carbocycles. The van der Waals surface area contributed by atoms with Crippen molar-refractivity contribution in [2.24, 2.45) is 0 Å². The summed E-state index contributed by atoms with van der Waals surface area (Å²) in [5.74, 6) is -0.995. The van der Waals surface area contributed by atoms with Crippen LogP contribution < -0.4 is 0 Å². The minimum atomic E-state index is -0.892. The first-order valence-electron chi connectivity index (χ1n) is 5.62. The number of ether oxygens (including phenoxy) is 1. The van der Waals surface area contributed by atoms with E-state index in [1.54, 1.807) is 14.0 Å². The number of carboxylic acids is 1. The Morgan fingerprint density at radius 2 is 2.19 bits per heavy atom. The lowest BCUT2D eigenvalue weighted by molar-refractivity contribution is -0.148. The summed E-state index contributed by atoms with van der Waals surface area (Å²) in [7, 11) is 1.63. The van der Waals surface area contributed by atoms with Gasteiger partial charge in [-0.25, -0.2) is 0 Å². The predicted molar refractivity (Wildman–Crippen MR) is 58.1 cm³/mol. The van der Waals surface area contributed by atoms with Crippen LogP contribution in [0.2, 0.25) is 0 Å². The third-order valence-corrected chi connectivity index (χ3v) is 2.93. The summed E-state index contributed by atoms with van der Waals surface area (Å²) in [5.41, 5.74) is 0. The number of nitrogens with zero attached hydrogens (tertiary/aromatic N) is 1. The van der Waals surface area contributed by atoms with Gasteiger partial charge in [0.1, 0.15) is 6.10 Å². The third kappa shape index (κ3) is 3.48. The highest BCUT2D eigenvalue weighted by molar-refractivity contribution is 5.81. The molecule has 92 valence electrons. The molecule has 1 rings (SSSR count). The van der Waals surface area contributed by atoms with Gasteiger partial charge in [0, 0.05) is 19.7 Å². The Hall–Kier alpha value is -1.10. The molecule has 0 spiro atoms. The Labute approximate surface area is 95.4 Å². The Kier molecular flexibility index (Phi) is 4.73. The van der Waals surface area contributed by atoms with Crippen molar-refractivity contribution < 1.29 is 19.4 Å². The molecule has 16 heavy (non-hydrogen) atoms. The second-order valence-electron chi connectivity index (χ2n) is 4.25. The molecule has 2 unspecified atom stereocenters. The third-order valence-electron chi connectivity index (χ3n) is 2.93. The zero-order valence-electron chi connectivity index (χ0n) is 9.81. The molecule has 2 atom stereocenters. The molecule has 1 aliphatic rings. The second-order valence-corrected chi connectivity index (χ2v) is 4.25. The maximum absolute atomic E-state index is 11.9. The van der Waals surface area contributed by atoms with Crippen LogP contribution in [0.3, 0.4) is 0 Å². The summed E-state index contributed by atoms with van der Waals surface area (Å²) in [6.07, 6.45) is 2.32. The first-order chi connectivity index (χ1) is 7.52. The van der Waals surface area contributed by atoms with E-state index in [1.807, 2.05) is 0 Å². The van der Waals surface area contributed by atoms with Crippen LogP contribution in [-0.4, -0.2) is 47.7 Å². The van der Waals surface area contributed by atoms with E-state index in [0.717, 1.165) is 19.3 Å². The number of rotatable bonds is 4. The van der Waals surface area contributed by atoms with Gasteiger partial charge >= 0.3 is 5.97 Å². The van der Waals surface area contributed by atoms with Crippen LogP contribution in [0.5, 0.6) is 0 Å². The summed E-state index contributed by atoms with van der Waals surface area (Å²) < 4.78 is 5.38. The molecule has 0 aromatic heterocycles. The first kappa shape index (κ1) is 13.0. The number of likely N-dealkylation sites (N-methyl/N-ethyl adjacent to an activating group) is 1. The topological polar surface area (TPSA) is 66.8 Å². The van der Waals surface area contributed by atoms with Crippen LogP contribution in [0.25, 0.3) is 0 Å². The van der Waals surface area contributed by atoms with Gasteiger partial charge in [0.05, 0.1) is 6.42 Å². The zero-order valence-corrected chi connectivity index (χ0v) is 9.81. The molecule has 0 radical (unpaired) electrons. The molecule has 0 aromatic rings. The summed E-state index contributed by atoms with van der Waals surface area (Å²) in [6.45, 7) is 2.35. The molecule has 5 nitrogen and oxygen atoms in total. The molecular weight excluding hydrogens is 210 g/mol. The first-order valence-corrected chi connectivity index (χ1v) is 5.62. The Balaban J connectivity index is 2.48. The molecule has 0 saturated carbocycles. The van der Waals surface area contributed by atoms with Gasteiger partial charge in [-0.3, -0.25) is 9.59 Å². The van der Waals surface area contributed by atoms with Gasteiger partial charge < -0.3 is 14.7 Å². The summed E-state index contributed by atoms with van der Waals surface area (Å²) in [6, 6.07) is -0.296. The van der Waals surface area contributed by atoms with Gasteiger partial charge in [-0.1, -0.05) is 0 Å². The summed E-state index contributed by atoms with van der Waals surface area (Å²) in [5, 5.41) is 8.66. The normalized spacial score (nSPS) is 22.5. The maximum atomic E-state index is 11.9. The second kappa shape index (κ2) is 5.84. The fourth-order valence-electron chi connectivity index (χ4n) is 1.77. The van der Waals surface area contributed by atoms with Crippen molar-refractivity contribution in [2.45, 2.75) is 44.8 Å². The van der Waals surface area contributed by atoms with Gasteiger partial charge in [-0.2, -0.15) is 0 Å². The lowest BCUT2D eigenvalue weighted by atomic mass is 10.1. The Morgan fingerprint density at radius 3 is 2.69 bits per heavy atom. The molecule has 1 heterocycles. The van der Waals surface area contributed by atoms with Crippen molar-refractivity contribution >= 4 is 11.9 Å². The monoisotopic (exact) mass is 229 g/mol. The largest absolute Gasteiger partial charge is 0.481 e. The van der Waals surface area contributed by atoms with Crippen molar-refractivity contribution in [2.75, 3.05) is 13.7 Å². The maximum Gasteiger partial charge on any atom is 0.305 e. The van der Waals surface area contributed by atoms with Crippen molar-refractivity contribution in [3.05, 3.63) is 0 Å². The van der Waals surface area contributed by atoms with E-state index in [2.05, 4.69) is 0 Å². The van der Waals surface area contributed by atoms with Crippen molar-refractivity contribution in [1.29, 1.82) is 0 Å². The van der Waals surface area contributed by atoms with Gasteiger partial charge in [-0.05, 0) is 26.2 Å². The van der Waals surface area contributed by atoms with E-state index in [1.165, 1.54) is 4.90 Å². The van der Waals surface area contributed by atoms with E-state index in [4.69, 9.17) is 9.84 Å². The fourth-order valence-corrected chi connectivity index (χ4v) is 1.77. The molecule has 1 fully saturated rings. The SMILES string of the molecule is CC(CC(=O)O)N(C)C(=O)C1CCCCO1. The number of hydrogen-bond donors (Lipinski definition) is 1. The minimum Gasteiger partial charge on any atom is -0.481 e. The quantitative estimate of drug-likeness (QED) is 0.777. The number of carbonyl (C=O) groups excluding carboxylic acids is 1. The molecule has 0 aliphatic carbocycles. The molecule has 5 heteroatoms. The van der Waals surface area contributed by atoms with E-state index >= 15 is 0 Å². The van der Waals surface area contributed by atoms with Crippen LogP contribution in [0, 0.1) is 0 Å². The Morgan fingerprint density at radius 1 is 1.50 bits per heavy atom. The molecule has 1 amide bonds. The number of aliphatic carboxylic acids is 1. The minimum absolute atomic E-state index is 0.0328. The standard InChI is InChI=1S/C11H19NO4/c1-8(7-10(13)14)12(2)11(15)9-5-3-4-6-16-9/h8-9H,3-7H2,1-2H3,(H,13,14). The van der Waals surface area contributed by atoms with Crippen LogP contribution in [-0.2, 0) is 14.3 Å². The molecule has 1 saturated heterocycles. The molecular formula is C11H19NO4. The number of carbonyl (C=O) groups is 2. The van der Waals surface area contributed by atoms with Gasteiger partial charge in [0.25, 0.3) is 5.91 Å². The lowest BCUT2D eigenvalue weighted by Gasteiger charge is -2.30. The van der Waals surface area contributed by atoms with Crippen LogP contribution >= 0.6 is 0 Å². The highest BCUT2D eigenvalue weighted by atomic mass is 16.5. The molecule has 0 bridgehead atoms. The predicted octanol–water partition coefficient (Wildman–Crippen LogP) is 0.877. The number of hydrogen-bond acceptors (Lipinski definition) is 3. The van der Waals surface area contributed by atoms with E-state index in [0.29, 0.717) is 6.61 Å². The summed E-state index contributed by atoms with van der Waals surface area (Å²) in [4.78, 5) is 23.9. The smallest absolute Gasteiger partial charge is 0.305 e. The average Bonchev–Trinajstić information content (AvgIpc) is 2.27. The van der Waals surface area contributed by atoms with Crippen molar-refractivity contribution in [1.82, 2.24) is 4.90 Å². The highest BCUT2D eigenvalue weighted by Gasteiger charge is 2.27. The average molecular weight is 229 g/mol. The van der Waals surface area contributed by atoms with Gasteiger partial charge in [-0.15, -0.1) is 0 Å². The van der Waals surface area contributed by atoms with E-state index in [-0.39, 0.29) is 24.5 Å². The van der Waals surface area contributed by atoms with Crippen LogP contribution in [0.4, 0.5) is 0 Å². The molecule has 1 aliphatic heterocycles. The Bertz CT molecular complexity index is 261. The summed E-state index contributed by atoms with van der Waals surface area (Å²) >= 11 is 0. The van der Waals surface area contributed by atoms with Crippen molar-refractivity contribution in [3.8, 4) is 0 Å². The van der Waals surface area contributed by atoms with Crippen molar-refractivity contribution in [3.63, 3.8) is 0 Å². The van der Waals surface area contributed by atoms with Crippen LogP contribution in [0.15, 0.2) is 0 Å². The fraction of sp³-hybridized carbons (Fsp3) is 0.818. The highest BCUT2D eigenvalue weighted by Crippen LogP contribution is 2.16. The lowest BCUT2D eigenvalue weighted by Crippen LogP contribution is -2.44. The van der Waals surface area contributed by atoms with E-state index in [9.17, 15) is 9.59 Å². The molecule has 1 N–H and O–H groups in total. The van der Waals surface area contributed by atoms with Crippen LogP contribution in [0.1, 0.15) is 32.6 Å². The number of carboxylic acid groups (broad SMARTS) is 1. The number of amides is 1.